The number of aryl methyl sites for hydroxylation is 1. The first-order valence-corrected chi connectivity index (χ1v) is 7.60. The second kappa shape index (κ2) is 7.31. The minimum atomic E-state index is -0.480. The fourth-order valence-corrected chi connectivity index (χ4v) is 2.36. The second-order valence-corrected chi connectivity index (χ2v) is 5.77. The lowest BCUT2D eigenvalue weighted by Gasteiger charge is -2.16. The highest BCUT2D eigenvalue weighted by atomic mass is 35.5. The number of hydrogen-bond donors (Lipinski definition) is 1. The van der Waals surface area contributed by atoms with Gasteiger partial charge in [0.25, 0.3) is 5.69 Å². The maximum atomic E-state index is 12.5. The largest absolute Gasteiger partial charge is 0.495 e. The predicted octanol–water partition coefficient (Wildman–Crippen LogP) is 4.31. The van der Waals surface area contributed by atoms with E-state index in [1.54, 1.807) is 31.2 Å². The maximum Gasteiger partial charge on any atom is 0.269 e. The molecule has 0 heterocycles. The van der Waals surface area contributed by atoms with Gasteiger partial charge in [0.1, 0.15) is 5.75 Å². The topological polar surface area (TPSA) is 81.5 Å². The SMILES string of the molecule is COc1cc(Cl)c(C)cc1NC(=O)[C@H](C)c1ccc([N+](=O)[O-])cc1. The number of non-ortho nitro benzene ring substituents is 1. The number of carbonyl (C=O) groups excluding carboxylic acids is 1. The van der Waals surface area contributed by atoms with Crippen molar-refractivity contribution in [3.8, 4) is 5.75 Å². The minimum Gasteiger partial charge on any atom is -0.495 e. The summed E-state index contributed by atoms with van der Waals surface area (Å²) in [6, 6.07) is 9.29. The zero-order valence-corrected chi connectivity index (χ0v) is 14.3. The van der Waals surface area contributed by atoms with Crippen molar-refractivity contribution in [2.75, 3.05) is 12.4 Å². The van der Waals surface area contributed by atoms with Crippen LogP contribution in [-0.2, 0) is 4.79 Å². The van der Waals surface area contributed by atoms with Crippen LogP contribution in [0, 0.1) is 17.0 Å². The second-order valence-electron chi connectivity index (χ2n) is 5.36. The van der Waals surface area contributed by atoms with Crippen molar-refractivity contribution in [1.82, 2.24) is 0 Å². The van der Waals surface area contributed by atoms with E-state index in [2.05, 4.69) is 5.32 Å². The van der Waals surface area contributed by atoms with Gasteiger partial charge in [-0.2, -0.15) is 0 Å². The number of methoxy groups -OCH3 is 1. The Morgan fingerprint density at radius 2 is 1.92 bits per heavy atom. The number of ether oxygens (including phenoxy) is 1. The summed E-state index contributed by atoms with van der Waals surface area (Å²) < 4.78 is 5.24. The quantitative estimate of drug-likeness (QED) is 0.645. The van der Waals surface area contributed by atoms with Crippen LogP contribution in [0.25, 0.3) is 0 Å². The summed E-state index contributed by atoms with van der Waals surface area (Å²) in [6.07, 6.45) is 0. The number of benzene rings is 2. The summed E-state index contributed by atoms with van der Waals surface area (Å²) >= 11 is 6.05. The van der Waals surface area contributed by atoms with Crippen LogP contribution in [0.5, 0.6) is 5.75 Å². The van der Waals surface area contributed by atoms with Gasteiger partial charge in [0, 0.05) is 23.2 Å². The molecule has 0 aliphatic rings. The third-order valence-electron chi connectivity index (χ3n) is 3.74. The predicted molar refractivity (Wildman–Crippen MR) is 92.9 cm³/mol. The van der Waals surface area contributed by atoms with Crippen LogP contribution in [-0.4, -0.2) is 17.9 Å². The van der Waals surface area contributed by atoms with Crippen molar-refractivity contribution >= 4 is 28.9 Å². The summed E-state index contributed by atoms with van der Waals surface area (Å²) in [4.78, 5) is 22.7. The average Bonchev–Trinajstić information content (AvgIpc) is 2.57. The first-order chi connectivity index (χ1) is 11.3. The average molecular weight is 349 g/mol. The van der Waals surface area contributed by atoms with Gasteiger partial charge in [-0.15, -0.1) is 0 Å². The van der Waals surface area contributed by atoms with Crippen LogP contribution in [0.4, 0.5) is 11.4 Å². The molecule has 2 aromatic carbocycles. The van der Waals surface area contributed by atoms with E-state index in [9.17, 15) is 14.9 Å². The normalized spacial score (nSPS) is 11.7. The first-order valence-electron chi connectivity index (χ1n) is 7.23. The monoisotopic (exact) mass is 348 g/mol. The van der Waals surface area contributed by atoms with Crippen molar-refractivity contribution in [3.63, 3.8) is 0 Å². The third-order valence-corrected chi connectivity index (χ3v) is 4.14. The molecule has 24 heavy (non-hydrogen) atoms. The van der Waals surface area contributed by atoms with Crippen molar-refractivity contribution < 1.29 is 14.5 Å². The lowest BCUT2D eigenvalue weighted by Crippen LogP contribution is -2.19. The van der Waals surface area contributed by atoms with Gasteiger partial charge in [-0.05, 0) is 31.0 Å². The van der Waals surface area contributed by atoms with Gasteiger partial charge in [0.2, 0.25) is 5.91 Å². The number of hydrogen-bond acceptors (Lipinski definition) is 4. The van der Waals surface area contributed by atoms with E-state index >= 15 is 0 Å². The van der Waals surface area contributed by atoms with Crippen LogP contribution >= 0.6 is 11.6 Å². The molecular formula is C17H17ClN2O4. The van der Waals surface area contributed by atoms with Crippen molar-refractivity contribution in [2.24, 2.45) is 0 Å². The molecule has 0 bridgehead atoms. The highest BCUT2D eigenvalue weighted by molar-refractivity contribution is 6.31. The van der Waals surface area contributed by atoms with Crippen LogP contribution in [0.15, 0.2) is 36.4 Å². The zero-order valence-electron chi connectivity index (χ0n) is 13.5. The molecule has 0 saturated heterocycles. The molecule has 1 atom stereocenters. The number of halogens is 1. The summed E-state index contributed by atoms with van der Waals surface area (Å²) in [7, 11) is 1.50. The molecule has 126 valence electrons. The van der Waals surface area contributed by atoms with Gasteiger partial charge >= 0.3 is 0 Å². The van der Waals surface area contributed by atoms with Gasteiger partial charge in [-0.25, -0.2) is 0 Å². The number of anilines is 1. The Kier molecular flexibility index (Phi) is 5.41. The van der Waals surface area contributed by atoms with Gasteiger partial charge in [-0.1, -0.05) is 23.7 Å². The van der Waals surface area contributed by atoms with Gasteiger partial charge < -0.3 is 10.1 Å². The Morgan fingerprint density at radius 1 is 1.29 bits per heavy atom. The number of amides is 1. The molecule has 0 aromatic heterocycles. The van der Waals surface area contributed by atoms with Gasteiger partial charge in [0.15, 0.2) is 0 Å². The molecule has 0 radical (unpaired) electrons. The van der Waals surface area contributed by atoms with Crippen LogP contribution in [0.1, 0.15) is 24.0 Å². The molecule has 0 aliphatic carbocycles. The molecule has 6 nitrogen and oxygen atoms in total. The smallest absolute Gasteiger partial charge is 0.269 e. The van der Waals surface area contributed by atoms with Crippen molar-refractivity contribution in [3.05, 3.63) is 62.7 Å². The molecular weight excluding hydrogens is 332 g/mol. The molecule has 0 unspecified atom stereocenters. The highest BCUT2D eigenvalue weighted by Gasteiger charge is 2.18. The molecule has 7 heteroatoms. The molecule has 0 fully saturated rings. The number of nitro benzene ring substituents is 1. The Morgan fingerprint density at radius 3 is 2.46 bits per heavy atom. The van der Waals surface area contributed by atoms with E-state index in [4.69, 9.17) is 16.3 Å². The molecule has 0 aliphatic heterocycles. The van der Waals surface area contributed by atoms with Gasteiger partial charge in [-0.3, -0.25) is 14.9 Å². The third kappa shape index (κ3) is 3.83. The highest BCUT2D eigenvalue weighted by Crippen LogP contribution is 2.32. The fraction of sp³-hybridized carbons (Fsp3) is 0.235. The summed E-state index contributed by atoms with van der Waals surface area (Å²) in [5.74, 6) is -0.259. The van der Waals surface area contributed by atoms with Crippen molar-refractivity contribution in [2.45, 2.75) is 19.8 Å². The molecule has 1 N–H and O–H groups in total. The van der Waals surface area contributed by atoms with E-state index in [-0.39, 0.29) is 11.6 Å². The summed E-state index contributed by atoms with van der Waals surface area (Å²) in [6.45, 7) is 3.56. The fourth-order valence-electron chi connectivity index (χ4n) is 2.21. The number of nitrogens with one attached hydrogen (secondary N) is 1. The number of rotatable bonds is 5. The van der Waals surface area contributed by atoms with E-state index in [1.807, 2.05) is 6.92 Å². The molecule has 0 spiro atoms. The lowest BCUT2D eigenvalue weighted by atomic mass is 10.00. The van der Waals surface area contributed by atoms with Crippen LogP contribution in [0.2, 0.25) is 5.02 Å². The summed E-state index contributed by atoms with van der Waals surface area (Å²) in [5, 5.41) is 14.0. The van der Waals surface area contributed by atoms with E-state index in [0.29, 0.717) is 22.0 Å². The van der Waals surface area contributed by atoms with Crippen LogP contribution in [0.3, 0.4) is 0 Å². The minimum absolute atomic E-state index is 0.0126. The Labute approximate surface area is 144 Å². The number of carbonyl (C=O) groups is 1. The standard InChI is InChI=1S/C17H17ClN2O4/c1-10-8-15(16(24-3)9-14(10)18)19-17(21)11(2)12-4-6-13(7-5-12)20(22)23/h4-9,11H,1-3H3,(H,19,21)/t11-/m1/s1. The van der Waals surface area contributed by atoms with E-state index < -0.39 is 10.8 Å². The molecule has 0 saturated carbocycles. The van der Waals surface area contributed by atoms with E-state index in [1.165, 1.54) is 19.2 Å². The number of nitrogens with zero attached hydrogens (tertiary/aromatic N) is 1. The van der Waals surface area contributed by atoms with Gasteiger partial charge in [0.05, 0.1) is 23.6 Å². The zero-order chi connectivity index (χ0) is 17.9. The molecule has 1 amide bonds. The Hall–Kier alpha value is -2.60. The van der Waals surface area contributed by atoms with E-state index in [0.717, 1.165) is 5.56 Å². The molecule has 2 rings (SSSR count). The first kappa shape index (κ1) is 17.7. The maximum absolute atomic E-state index is 12.5. The van der Waals surface area contributed by atoms with Crippen molar-refractivity contribution in [1.29, 1.82) is 0 Å². The van der Waals surface area contributed by atoms with Crippen LogP contribution < -0.4 is 10.1 Å². The Balaban J connectivity index is 2.20. The lowest BCUT2D eigenvalue weighted by molar-refractivity contribution is -0.384. The Bertz CT molecular complexity index is 775. The molecule has 2 aromatic rings. The summed E-state index contributed by atoms with van der Waals surface area (Å²) in [5.41, 5.74) is 2.01. The number of nitro groups is 1.